The van der Waals surface area contributed by atoms with Crippen LogP contribution < -0.4 is 5.32 Å². The highest BCUT2D eigenvalue weighted by atomic mass is 32.1. The molecule has 0 aliphatic carbocycles. The minimum atomic E-state index is -0.624. The molecule has 0 bridgehead atoms. The highest BCUT2D eigenvalue weighted by Crippen LogP contribution is 2.18. The number of anilines is 1. The van der Waals surface area contributed by atoms with Crippen LogP contribution in [0, 0.1) is 0 Å². The summed E-state index contributed by atoms with van der Waals surface area (Å²) in [5.74, 6) is -1.57. The Labute approximate surface area is 152 Å². The average Bonchev–Trinajstić information content (AvgIpc) is 3.21. The molecule has 0 spiro atoms. The van der Waals surface area contributed by atoms with Gasteiger partial charge < -0.3 is 14.8 Å². The van der Waals surface area contributed by atoms with E-state index in [1.165, 1.54) is 43.8 Å². The molecule has 2 heterocycles. The van der Waals surface area contributed by atoms with Crippen molar-refractivity contribution in [2.45, 2.75) is 6.42 Å². The van der Waals surface area contributed by atoms with Crippen LogP contribution in [0.4, 0.5) is 5.69 Å². The Kier molecular flexibility index (Phi) is 4.99. The summed E-state index contributed by atoms with van der Waals surface area (Å²) in [6.07, 6.45) is 3.69. The second-order valence-electron chi connectivity index (χ2n) is 5.33. The first-order valence-corrected chi connectivity index (χ1v) is 8.40. The molecular formula is C17H15N3O5S. The summed E-state index contributed by atoms with van der Waals surface area (Å²) in [6, 6.07) is 4.21. The number of imidazole rings is 1. The molecule has 8 nitrogen and oxygen atoms in total. The number of hydrogen-bond donors (Lipinski definition) is 1. The van der Waals surface area contributed by atoms with E-state index in [-0.39, 0.29) is 23.5 Å². The van der Waals surface area contributed by atoms with Crippen LogP contribution >= 0.6 is 11.3 Å². The molecule has 26 heavy (non-hydrogen) atoms. The van der Waals surface area contributed by atoms with E-state index in [1.807, 2.05) is 16.0 Å². The van der Waals surface area contributed by atoms with Crippen LogP contribution in [0.25, 0.3) is 4.96 Å². The van der Waals surface area contributed by atoms with Crippen molar-refractivity contribution in [3.63, 3.8) is 0 Å². The lowest BCUT2D eigenvalue weighted by Gasteiger charge is -2.09. The lowest BCUT2D eigenvalue weighted by Crippen LogP contribution is -2.16. The average molecular weight is 373 g/mol. The number of amides is 1. The zero-order chi connectivity index (χ0) is 18.7. The summed E-state index contributed by atoms with van der Waals surface area (Å²) < 4.78 is 11.2. The highest BCUT2D eigenvalue weighted by molar-refractivity contribution is 7.15. The molecule has 3 aromatic rings. The monoisotopic (exact) mass is 373 g/mol. The number of methoxy groups -OCH3 is 2. The first-order chi connectivity index (χ1) is 12.5. The van der Waals surface area contributed by atoms with Crippen molar-refractivity contribution < 1.29 is 23.9 Å². The van der Waals surface area contributed by atoms with Gasteiger partial charge >= 0.3 is 11.9 Å². The van der Waals surface area contributed by atoms with Gasteiger partial charge in [-0.05, 0) is 18.2 Å². The minimum absolute atomic E-state index is 0.0599. The molecule has 1 amide bonds. The van der Waals surface area contributed by atoms with E-state index in [2.05, 4.69) is 19.8 Å². The Morgan fingerprint density at radius 2 is 1.77 bits per heavy atom. The maximum atomic E-state index is 12.3. The lowest BCUT2D eigenvalue weighted by molar-refractivity contribution is -0.115. The summed E-state index contributed by atoms with van der Waals surface area (Å²) in [6.45, 7) is 0. The minimum Gasteiger partial charge on any atom is -0.465 e. The Bertz CT molecular complexity index is 929. The van der Waals surface area contributed by atoms with Crippen LogP contribution in [-0.4, -0.2) is 41.5 Å². The van der Waals surface area contributed by atoms with Crippen molar-refractivity contribution in [2.75, 3.05) is 19.5 Å². The zero-order valence-corrected chi connectivity index (χ0v) is 14.8. The number of nitrogens with zero attached hydrogens (tertiary/aromatic N) is 2. The molecule has 0 fully saturated rings. The number of rotatable bonds is 5. The molecule has 0 aliphatic rings. The van der Waals surface area contributed by atoms with Crippen LogP contribution in [0.1, 0.15) is 26.4 Å². The molecule has 0 saturated carbocycles. The second kappa shape index (κ2) is 7.36. The van der Waals surface area contributed by atoms with Gasteiger partial charge in [0.05, 0.1) is 37.5 Å². The molecule has 0 unspecified atom stereocenters. The van der Waals surface area contributed by atoms with E-state index in [4.69, 9.17) is 0 Å². The quantitative estimate of drug-likeness (QED) is 0.688. The van der Waals surface area contributed by atoms with Crippen molar-refractivity contribution >= 4 is 39.8 Å². The summed E-state index contributed by atoms with van der Waals surface area (Å²) >= 11 is 1.47. The number of ether oxygens (including phenoxy) is 2. The zero-order valence-electron chi connectivity index (χ0n) is 14.0. The van der Waals surface area contributed by atoms with Crippen LogP contribution in [0.15, 0.2) is 36.0 Å². The number of hydrogen-bond acceptors (Lipinski definition) is 7. The molecule has 0 aliphatic heterocycles. The Balaban J connectivity index is 1.80. The molecule has 1 N–H and O–H groups in total. The van der Waals surface area contributed by atoms with Gasteiger partial charge in [0.1, 0.15) is 0 Å². The SMILES string of the molecule is COC(=O)c1cc(NC(=O)Cc2cn3ccsc3n2)cc(C(=O)OC)c1. The van der Waals surface area contributed by atoms with Crippen LogP contribution in [-0.2, 0) is 20.7 Å². The number of fused-ring (bicyclic) bond motifs is 1. The van der Waals surface area contributed by atoms with Crippen molar-refractivity contribution in [3.05, 3.63) is 52.8 Å². The van der Waals surface area contributed by atoms with Crippen molar-refractivity contribution in [1.29, 1.82) is 0 Å². The fraction of sp³-hybridized carbons (Fsp3) is 0.176. The van der Waals surface area contributed by atoms with Crippen LogP contribution in [0.3, 0.4) is 0 Å². The predicted octanol–water partition coefficient (Wildman–Crippen LogP) is 2.15. The molecule has 9 heteroatoms. The van der Waals surface area contributed by atoms with E-state index < -0.39 is 11.9 Å². The molecular weight excluding hydrogens is 358 g/mol. The Morgan fingerprint density at radius 3 is 2.35 bits per heavy atom. The standard InChI is InChI=1S/C17H15N3O5S/c1-24-15(22)10-5-11(16(23)25-2)7-12(6-10)18-14(21)8-13-9-20-3-4-26-17(20)19-13/h3-7,9H,8H2,1-2H3,(H,18,21). The first kappa shape index (κ1) is 17.6. The van der Waals surface area contributed by atoms with E-state index in [0.717, 1.165) is 4.96 Å². The van der Waals surface area contributed by atoms with Gasteiger partial charge in [0.25, 0.3) is 0 Å². The summed E-state index contributed by atoms with van der Waals surface area (Å²) in [7, 11) is 2.46. The van der Waals surface area contributed by atoms with Gasteiger partial charge in [-0.1, -0.05) is 0 Å². The number of benzene rings is 1. The van der Waals surface area contributed by atoms with Crippen molar-refractivity contribution in [1.82, 2.24) is 9.38 Å². The van der Waals surface area contributed by atoms with Gasteiger partial charge in [-0.2, -0.15) is 0 Å². The van der Waals surface area contributed by atoms with Gasteiger partial charge in [-0.3, -0.25) is 9.20 Å². The molecule has 0 atom stereocenters. The second-order valence-corrected chi connectivity index (χ2v) is 6.21. The highest BCUT2D eigenvalue weighted by Gasteiger charge is 2.15. The maximum absolute atomic E-state index is 12.3. The number of nitrogens with one attached hydrogen (secondary N) is 1. The molecule has 1 aromatic carbocycles. The predicted molar refractivity (Wildman–Crippen MR) is 94.5 cm³/mol. The number of thiazole rings is 1. The fourth-order valence-corrected chi connectivity index (χ4v) is 3.12. The van der Waals surface area contributed by atoms with E-state index in [0.29, 0.717) is 11.4 Å². The van der Waals surface area contributed by atoms with E-state index >= 15 is 0 Å². The van der Waals surface area contributed by atoms with E-state index in [1.54, 1.807) is 6.20 Å². The number of carbonyl (C=O) groups is 3. The first-order valence-electron chi connectivity index (χ1n) is 7.53. The normalized spacial score (nSPS) is 10.5. The van der Waals surface area contributed by atoms with Crippen molar-refractivity contribution in [2.24, 2.45) is 0 Å². The maximum Gasteiger partial charge on any atom is 0.337 e. The molecule has 3 rings (SSSR count). The third-order valence-corrected chi connectivity index (χ3v) is 4.31. The Morgan fingerprint density at radius 1 is 1.12 bits per heavy atom. The number of aromatic nitrogens is 2. The fourth-order valence-electron chi connectivity index (χ4n) is 2.40. The van der Waals surface area contributed by atoms with Crippen LogP contribution in [0.2, 0.25) is 0 Å². The smallest absolute Gasteiger partial charge is 0.337 e. The summed E-state index contributed by atoms with van der Waals surface area (Å²) in [4.78, 5) is 41.0. The van der Waals surface area contributed by atoms with Crippen molar-refractivity contribution in [3.8, 4) is 0 Å². The third-order valence-electron chi connectivity index (χ3n) is 3.54. The molecule has 134 valence electrons. The topological polar surface area (TPSA) is 99.0 Å². The number of carbonyl (C=O) groups excluding carboxylic acids is 3. The molecule has 2 aromatic heterocycles. The Hall–Kier alpha value is -3.20. The molecule has 0 saturated heterocycles. The number of esters is 2. The third kappa shape index (κ3) is 3.72. The van der Waals surface area contributed by atoms with E-state index in [9.17, 15) is 14.4 Å². The largest absolute Gasteiger partial charge is 0.465 e. The van der Waals surface area contributed by atoms with Gasteiger partial charge in [0.2, 0.25) is 5.91 Å². The van der Waals surface area contributed by atoms with Crippen LogP contribution in [0.5, 0.6) is 0 Å². The van der Waals surface area contributed by atoms with Gasteiger partial charge in [0, 0.05) is 23.5 Å². The summed E-state index contributed by atoms with van der Waals surface area (Å²) in [5, 5.41) is 4.57. The molecule has 0 radical (unpaired) electrons. The van der Waals surface area contributed by atoms with Gasteiger partial charge in [-0.15, -0.1) is 11.3 Å². The lowest BCUT2D eigenvalue weighted by atomic mass is 10.1. The van der Waals surface area contributed by atoms with Gasteiger partial charge in [-0.25, -0.2) is 14.6 Å². The van der Waals surface area contributed by atoms with Gasteiger partial charge in [0.15, 0.2) is 4.96 Å². The summed E-state index contributed by atoms with van der Waals surface area (Å²) in [5.41, 5.74) is 1.17.